The molecular weight excluding hydrogens is 260 g/mol. The van der Waals surface area contributed by atoms with Gasteiger partial charge in [0.05, 0.1) is 6.61 Å². The maximum absolute atomic E-state index is 12.6. The molecule has 0 aromatic rings. The Morgan fingerprint density at radius 2 is 2.32 bits per heavy atom. The molecule has 0 radical (unpaired) electrons. The molecule has 1 saturated heterocycles. The smallest absolute Gasteiger partial charge is 0.223 e. The summed E-state index contributed by atoms with van der Waals surface area (Å²) in [5.74, 6) is 2.53. The Kier molecular flexibility index (Phi) is 5.54. The van der Waals surface area contributed by atoms with Gasteiger partial charge in [0.25, 0.3) is 0 Å². The predicted molar refractivity (Wildman–Crippen MR) is 79.3 cm³/mol. The third-order valence-corrected chi connectivity index (χ3v) is 5.72. The molecule has 0 aromatic carbocycles. The molecule has 1 aliphatic carbocycles. The summed E-state index contributed by atoms with van der Waals surface area (Å²) in [7, 11) is 1.69. The third-order valence-electron chi connectivity index (χ3n) is 4.58. The van der Waals surface area contributed by atoms with E-state index in [1.165, 1.54) is 12.2 Å². The third kappa shape index (κ3) is 3.64. The fourth-order valence-corrected chi connectivity index (χ4v) is 4.24. The zero-order chi connectivity index (χ0) is 13.7. The van der Waals surface area contributed by atoms with Crippen molar-refractivity contribution >= 4 is 17.7 Å². The number of rotatable bonds is 7. The van der Waals surface area contributed by atoms with Crippen molar-refractivity contribution in [2.75, 3.05) is 38.3 Å². The molecule has 2 aliphatic rings. The lowest BCUT2D eigenvalue weighted by Gasteiger charge is -2.42. The van der Waals surface area contributed by atoms with Crippen molar-refractivity contribution in [1.82, 2.24) is 4.90 Å². The van der Waals surface area contributed by atoms with Gasteiger partial charge in [-0.1, -0.05) is 6.42 Å². The summed E-state index contributed by atoms with van der Waals surface area (Å²) in [6.45, 7) is 2.00. The van der Waals surface area contributed by atoms with Crippen molar-refractivity contribution in [3.05, 3.63) is 0 Å². The number of thioether (sulfide) groups is 1. The zero-order valence-electron chi connectivity index (χ0n) is 11.9. The summed E-state index contributed by atoms with van der Waals surface area (Å²) in [5.41, 5.74) is 5.98. The molecule has 5 heteroatoms. The highest BCUT2D eigenvalue weighted by atomic mass is 32.2. The van der Waals surface area contributed by atoms with Gasteiger partial charge in [0.15, 0.2) is 0 Å². The number of nitrogens with zero attached hydrogens (tertiary/aromatic N) is 1. The van der Waals surface area contributed by atoms with Gasteiger partial charge in [0.2, 0.25) is 5.91 Å². The van der Waals surface area contributed by atoms with Crippen molar-refractivity contribution in [3.8, 4) is 0 Å². The van der Waals surface area contributed by atoms with Gasteiger partial charge in [0, 0.05) is 31.9 Å². The Bertz CT molecular complexity index is 296. The molecule has 0 bridgehead atoms. The number of hydrogen-bond donors (Lipinski definition) is 1. The second kappa shape index (κ2) is 6.95. The molecule has 0 aromatic heterocycles. The molecule has 2 N–H and O–H groups in total. The summed E-state index contributed by atoms with van der Waals surface area (Å²) in [6.07, 6.45) is 5.21. The predicted octanol–water partition coefficient (Wildman–Crippen LogP) is 1.49. The zero-order valence-corrected chi connectivity index (χ0v) is 12.7. The summed E-state index contributed by atoms with van der Waals surface area (Å²) >= 11 is 1.95. The maximum atomic E-state index is 12.6. The molecule has 1 aliphatic heterocycles. The van der Waals surface area contributed by atoms with E-state index in [-0.39, 0.29) is 11.3 Å². The molecule has 1 atom stereocenters. The van der Waals surface area contributed by atoms with Crippen molar-refractivity contribution in [3.63, 3.8) is 0 Å². The van der Waals surface area contributed by atoms with E-state index >= 15 is 0 Å². The maximum Gasteiger partial charge on any atom is 0.223 e. The minimum absolute atomic E-state index is 0.105. The Balaban J connectivity index is 1.94. The second-order valence-electron chi connectivity index (χ2n) is 5.83. The monoisotopic (exact) mass is 286 g/mol. The molecule has 110 valence electrons. The van der Waals surface area contributed by atoms with Crippen LogP contribution in [0.25, 0.3) is 0 Å². The van der Waals surface area contributed by atoms with Crippen molar-refractivity contribution < 1.29 is 9.53 Å². The van der Waals surface area contributed by atoms with Crippen LogP contribution in [0.2, 0.25) is 0 Å². The first kappa shape index (κ1) is 15.1. The average molecular weight is 286 g/mol. The summed E-state index contributed by atoms with van der Waals surface area (Å²) in [5, 5.41) is 0. The molecule has 2 rings (SSSR count). The van der Waals surface area contributed by atoms with Crippen LogP contribution in [0.3, 0.4) is 0 Å². The van der Waals surface area contributed by atoms with Crippen molar-refractivity contribution in [1.29, 1.82) is 0 Å². The molecule has 1 heterocycles. The van der Waals surface area contributed by atoms with Gasteiger partial charge in [-0.25, -0.2) is 0 Å². The molecule has 19 heavy (non-hydrogen) atoms. The van der Waals surface area contributed by atoms with Gasteiger partial charge >= 0.3 is 0 Å². The average Bonchev–Trinajstić information content (AvgIpc) is 2.88. The van der Waals surface area contributed by atoms with Crippen LogP contribution in [0.1, 0.15) is 32.1 Å². The van der Waals surface area contributed by atoms with Crippen LogP contribution in [0, 0.1) is 5.41 Å². The van der Waals surface area contributed by atoms with E-state index in [4.69, 9.17) is 10.5 Å². The number of amides is 1. The van der Waals surface area contributed by atoms with E-state index < -0.39 is 0 Å². The lowest BCUT2D eigenvalue weighted by atomic mass is 9.66. The number of carbonyl (C=O) groups excluding carboxylic acids is 1. The standard InChI is InChI=1S/C14H26N2O2S/c1-18-7-6-16(12-3-8-19-10-12)13(17)9-14(11-15)4-2-5-14/h12H,2-11,15H2,1H3. The van der Waals surface area contributed by atoms with Crippen molar-refractivity contribution in [2.24, 2.45) is 11.1 Å². The lowest BCUT2D eigenvalue weighted by Crippen LogP contribution is -2.47. The van der Waals surface area contributed by atoms with Gasteiger partial charge in [-0.05, 0) is 37.0 Å². The minimum Gasteiger partial charge on any atom is -0.383 e. The fourth-order valence-electron chi connectivity index (χ4n) is 3.02. The number of nitrogens with two attached hydrogens (primary N) is 1. The van der Waals surface area contributed by atoms with Crippen LogP contribution < -0.4 is 5.73 Å². The molecule has 1 amide bonds. The van der Waals surface area contributed by atoms with Crippen LogP contribution in [0.15, 0.2) is 0 Å². The fraction of sp³-hybridized carbons (Fsp3) is 0.929. The quantitative estimate of drug-likeness (QED) is 0.770. The van der Waals surface area contributed by atoms with Gasteiger partial charge in [0.1, 0.15) is 0 Å². The molecule has 1 saturated carbocycles. The van der Waals surface area contributed by atoms with Crippen LogP contribution in [-0.4, -0.2) is 55.2 Å². The molecule has 2 fully saturated rings. The SMILES string of the molecule is COCCN(C(=O)CC1(CN)CCC1)C1CCSC1. The molecular formula is C14H26N2O2S. The first-order valence-corrected chi connectivity index (χ1v) is 8.42. The molecule has 1 unspecified atom stereocenters. The number of carbonyl (C=O) groups is 1. The van der Waals surface area contributed by atoms with Crippen LogP contribution in [-0.2, 0) is 9.53 Å². The topological polar surface area (TPSA) is 55.6 Å². The summed E-state index contributed by atoms with van der Waals surface area (Å²) < 4.78 is 5.15. The highest BCUT2D eigenvalue weighted by molar-refractivity contribution is 7.99. The number of ether oxygens (including phenoxy) is 1. The van der Waals surface area contributed by atoms with Gasteiger partial charge < -0.3 is 15.4 Å². The Hall–Kier alpha value is -0.260. The minimum atomic E-state index is 0.105. The normalized spacial score (nSPS) is 25.1. The van der Waals surface area contributed by atoms with E-state index in [9.17, 15) is 4.79 Å². The largest absolute Gasteiger partial charge is 0.383 e. The number of methoxy groups -OCH3 is 1. The first-order valence-electron chi connectivity index (χ1n) is 7.27. The highest BCUT2D eigenvalue weighted by Crippen LogP contribution is 2.43. The Morgan fingerprint density at radius 3 is 2.79 bits per heavy atom. The van der Waals surface area contributed by atoms with Gasteiger partial charge in [-0.2, -0.15) is 11.8 Å². The van der Waals surface area contributed by atoms with Crippen LogP contribution in [0.5, 0.6) is 0 Å². The number of hydrogen-bond acceptors (Lipinski definition) is 4. The Labute approximate surface area is 120 Å². The van der Waals surface area contributed by atoms with E-state index in [1.54, 1.807) is 7.11 Å². The summed E-state index contributed by atoms with van der Waals surface area (Å²) in [4.78, 5) is 14.7. The lowest BCUT2D eigenvalue weighted by molar-refractivity contribution is -0.137. The first-order chi connectivity index (χ1) is 9.21. The summed E-state index contributed by atoms with van der Waals surface area (Å²) in [6, 6.07) is 0.405. The molecule has 0 spiro atoms. The second-order valence-corrected chi connectivity index (χ2v) is 6.98. The molecule has 4 nitrogen and oxygen atoms in total. The van der Waals surface area contributed by atoms with Gasteiger partial charge in [-0.15, -0.1) is 0 Å². The van der Waals surface area contributed by atoms with Gasteiger partial charge in [-0.3, -0.25) is 4.79 Å². The van der Waals surface area contributed by atoms with Crippen LogP contribution in [0.4, 0.5) is 0 Å². The van der Waals surface area contributed by atoms with Crippen LogP contribution >= 0.6 is 11.8 Å². The van der Waals surface area contributed by atoms with E-state index in [2.05, 4.69) is 4.90 Å². The van der Waals surface area contributed by atoms with E-state index in [0.717, 1.165) is 31.6 Å². The van der Waals surface area contributed by atoms with Crippen molar-refractivity contribution in [2.45, 2.75) is 38.1 Å². The van der Waals surface area contributed by atoms with E-state index in [1.807, 2.05) is 11.8 Å². The Morgan fingerprint density at radius 1 is 1.53 bits per heavy atom. The van der Waals surface area contributed by atoms with E-state index in [0.29, 0.717) is 25.6 Å². The highest BCUT2D eigenvalue weighted by Gasteiger charge is 2.39.